The first kappa shape index (κ1) is 23.2. The normalized spacial score (nSPS) is 28.5. The molecule has 32 heavy (non-hydrogen) atoms. The number of carbonyl (C=O) groups excluding carboxylic acids is 2. The maximum Gasteiger partial charge on any atom is 0.240 e. The molecule has 2 N–H and O–H groups in total. The van der Waals surface area contributed by atoms with Gasteiger partial charge in [0.25, 0.3) is 0 Å². The van der Waals surface area contributed by atoms with E-state index in [4.69, 9.17) is 4.74 Å². The molecular formula is C22H32N4O5S. The molecule has 10 heteroatoms. The molecule has 0 aromatic heterocycles. The fraction of sp³-hybridized carbons (Fsp3) is 0.636. The van der Waals surface area contributed by atoms with Crippen molar-refractivity contribution in [1.29, 1.82) is 0 Å². The lowest BCUT2D eigenvalue weighted by Crippen LogP contribution is -2.58. The molecule has 0 radical (unpaired) electrons. The Morgan fingerprint density at radius 3 is 2.78 bits per heavy atom. The Balaban J connectivity index is 1.36. The van der Waals surface area contributed by atoms with Crippen LogP contribution in [0, 0.1) is 0 Å². The molecule has 3 saturated heterocycles. The van der Waals surface area contributed by atoms with Gasteiger partial charge in [-0.25, -0.2) is 13.1 Å². The van der Waals surface area contributed by atoms with Gasteiger partial charge in [-0.1, -0.05) is 18.2 Å². The van der Waals surface area contributed by atoms with Crippen LogP contribution in [-0.4, -0.2) is 87.6 Å². The molecule has 1 aromatic carbocycles. The van der Waals surface area contributed by atoms with Crippen LogP contribution in [0.15, 0.2) is 35.2 Å². The van der Waals surface area contributed by atoms with Gasteiger partial charge in [-0.2, -0.15) is 0 Å². The number of piperazine rings is 1. The van der Waals surface area contributed by atoms with Crippen LogP contribution in [0.1, 0.15) is 32.1 Å². The van der Waals surface area contributed by atoms with Gasteiger partial charge in [-0.3, -0.25) is 14.5 Å². The van der Waals surface area contributed by atoms with Crippen LogP contribution >= 0.6 is 0 Å². The van der Waals surface area contributed by atoms with Crippen LogP contribution in [0.4, 0.5) is 0 Å². The van der Waals surface area contributed by atoms with Crippen molar-refractivity contribution in [3.8, 4) is 0 Å². The fourth-order valence-corrected chi connectivity index (χ4v) is 6.44. The van der Waals surface area contributed by atoms with Crippen LogP contribution in [-0.2, 0) is 24.3 Å². The predicted octanol–water partition coefficient (Wildman–Crippen LogP) is 0.324. The summed E-state index contributed by atoms with van der Waals surface area (Å²) in [5.74, 6) is 0.0483. The Hall–Kier alpha value is -2.01. The number of methoxy groups -OCH3 is 1. The summed E-state index contributed by atoms with van der Waals surface area (Å²) in [5.41, 5.74) is 0. The molecular weight excluding hydrogens is 432 g/mol. The van der Waals surface area contributed by atoms with Gasteiger partial charge in [0, 0.05) is 45.2 Å². The van der Waals surface area contributed by atoms with Crippen molar-refractivity contribution in [2.45, 2.75) is 61.2 Å². The monoisotopic (exact) mass is 464 g/mol. The Morgan fingerprint density at radius 1 is 1.25 bits per heavy atom. The van der Waals surface area contributed by atoms with E-state index in [1.807, 2.05) is 4.90 Å². The highest BCUT2D eigenvalue weighted by Crippen LogP contribution is 2.27. The number of hydrogen-bond donors (Lipinski definition) is 2. The van der Waals surface area contributed by atoms with E-state index in [9.17, 15) is 18.0 Å². The van der Waals surface area contributed by atoms with Gasteiger partial charge in [0.15, 0.2) is 0 Å². The molecule has 3 aliphatic heterocycles. The lowest BCUT2D eigenvalue weighted by molar-refractivity contribution is -0.133. The van der Waals surface area contributed by atoms with Crippen molar-refractivity contribution in [3.05, 3.63) is 30.3 Å². The topological polar surface area (TPSA) is 108 Å². The molecule has 2 amide bonds. The third-order valence-electron chi connectivity index (χ3n) is 6.75. The second kappa shape index (κ2) is 9.86. The van der Waals surface area contributed by atoms with Gasteiger partial charge < -0.3 is 15.0 Å². The smallest absolute Gasteiger partial charge is 0.240 e. The summed E-state index contributed by atoms with van der Waals surface area (Å²) in [6, 6.07) is 7.69. The summed E-state index contributed by atoms with van der Waals surface area (Å²) in [6.07, 6.45) is 3.42. The minimum atomic E-state index is -3.65. The quantitative estimate of drug-likeness (QED) is 0.574. The van der Waals surface area contributed by atoms with Crippen molar-refractivity contribution in [2.24, 2.45) is 0 Å². The first-order valence-corrected chi connectivity index (χ1v) is 12.8. The molecule has 0 bridgehead atoms. The van der Waals surface area contributed by atoms with Gasteiger partial charge in [0.2, 0.25) is 21.8 Å². The fourth-order valence-electron chi connectivity index (χ4n) is 5.18. The standard InChI is InChI=1S/C22H32N4O5S/c1-31-15-18-6-5-11-25(18)21(27)10-9-17-13-23-22(28)20-12-16(14-26(17)20)24-32(29,30)19-7-3-2-4-8-19/h2-4,7-8,16-18,20,24H,5-6,9-15H2,1H3,(H,23,28)/t16-,17+,18-,20-/m0/s1. The van der Waals surface area contributed by atoms with Crippen molar-refractivity contribution in [1.82, 2.24) is 19.8 Å². The number of carbonyl (C=O) groups is 2. The van der Waals surface area contributed by atoms with Crippen LogP contribution in [0.3, 0.4) is 0 Å². The van der Waals surface area contributed by atoms with Gasteiger partial charge in [0.1, 0.15) is 0 Å². The van der Waals surface area contributed by atoms with Gasteiger partial charge in [0.05, 0.1) is 23.6 Å². The Morgan fingerprint density at radius 2 is 2.03 bits per heavy atom. The minimum absolute atomic E-state index is 0.0105. The molecule has 9 nitrogen and oxygen atoms in total. The van der Waals surface area contributed by atoms with Crippen molar-refractivity contribution in [2.75, 3.05) is 33.4 Å². The van der Waals surface area contributed by atoms with E-state index < -0.39 is 10.0 Å². The predicted molar refractivity (Wildman–Crippen MR) is 118 cm³/mol. The molecule has 3 heterocycles. The second-order valence-electron chi connectivity index (χ2n) is 8.86. The number of ether oxygens (including phenoxy) is 1. The maximum absolute atomic E-state index is 12.8. The molecule has 4 rings (SSSR count). The van der Waals surface area contributed by atoms with E-state index >= 15 is 0 Å². The second-order valence-corrected chi connectivity index (χ2v) is 10.6. The Labute approximate surface area is 189 Å². The number of likely N-dealkylation sites (tertiary alicyclic amines) is 1. The lowest BCUT2D eigenvalue weighted by Gasteiger charge is -2.37. The van der Waals surface area contributed by atoms with E-state index in [0.29, 0.717) is 39.0 Å². The number of rotatable bonds is 8. The molecule has 176 valence electrons. The summed E-state index contributed by atoms with van der Waals surface area (Å²) in [7, 11) is -2.00. The minimum Gasteiger partial charge on any atom is -0.383 e. The van der Waals surface area contributed by atoms with Gasteiger partial charge >= 0.3 is 0 Å². The molecule has 0 saturated carbocycles. The molecule has 0 aliphatic carbocycles. The van der Waals surface area contributed by atoms with E-state index in [0.717, 1.165) is 19.4 Å². The maximum atomic E-state index is 12.8. The molecule has 0 unspecified atom stereocenters. The van der Waals surface area contributed by atoms with E-state index in [-0.39, 0.29) is 40.9 Å². The van der Waals surface area contributed by atoms with Crippen LogP contribution in [0.2, 0.25) is 0 Å². The largest absolute Gasteiger partial charge is 0.383 e. The Bertz CT molecular complexity index is 926. The average molecular weight is 465 g/mol. The summed E-state index contributed by atoms with van der Waals surface area (Å²) >= 11 is 0. The highest BCUT2D eigenvalue weighted by molar-refractivity contribution is 7.89. The number of nitrogens with one attached hydrogen (secondary N) is 2. The summed E-state index contributed by atoms with van der Waals surface area (Å²) in [5, 5.41) is 2.94. The van der Waals surface area contributed by atoms with Crippen LogP contribution in [0.25, 0.3) is 0 Å². The molecule has 3 aliphatic rings. The van der Waals surface area contributed by atoms with Crippen molar-refractivity contribution >= 4 is 21.8 Å². The highest BCUT2D eigenvalue weighted by Gasteiger charge is 2.44. The molecule has 3 fully saturated rings. The first-order chi connectivity index (χ1) is 15.4. The third-order valence-corrected chi connectivity index (χ3v) is 8.28. The van der Waals surface area contributed by atoms with E-state index in [2.05, 4.69) is 14.9 Å². The zero-order chi connectivity index (χ0) is 22.7. The van der Waals surface area contributed by atoms with Gasteiger partial charge in [-0.05, 0) is 37.8 Å². The highest BCUT2D eigenvalue weighted by atomic mass is 32.2. The number of hydrogen-bond acceptors (Lipinski definition) is 6. The lowest BCUT2D eigenvalue weighted by atomic mass is 10.0. The van der Waals surface area contributed by atoms with Gasteiger partial charge in [-0.15, -0.1) is 0 Å². The SMILES string of the molecule is COC[C@@H]1CCCN1C(=O)CC[C@@H]1CNC(=O)[C@@H]2C[C@H](NS(=O)(=O)c3ccccc3)CN12. The van der Waals surface area contributed by atoms with Crippen LogP contribution in [0.5, 0.6) is 0 Å². The first-order valence-electron chi connectivity index (χ1n) is 11.3. The number of fused-ring (bicyclic) bond motifs is 1. The summed E-state index contributed by atoms with van der Waals surface area (Å²) < 4.78 is 33.4. The number of benzene rings is 1. The van der Waals surface area contributed by atoms with E-state index in [1.54, 1.807) is 37.4 Å². The number of amides is 2. The van der Waals surface area contributed by atoms with Crippen molar-refractivity contribution in [3.63, 3.8) is 0 Å². The summed E-state index contributed by atoms with van der Waals surface area (Å²) in [4.78, 5) is 29.5. The molecule has 4 atom stereocenters. The zero-order valence-electron chi connectivity index (χ0n) is 18.4. The Kier molecular flexibility index (Phi) is 7.14. The van der Waals surface area contributed by atoms with Crippen LogP contribution < -0.4 is 10.0 Å². The van der Waals surface area contributed by atoms with Crippen molar-refractivity contribution < 1.29 is 22.7 Å². The van der Waals surface area contributed by atoms with E-state index in [1.165, 1.54) is 0 Å². The summed E-state index contributed by atoms with van der Waals surface area (Å²) in [6.45, 7) is 2.26. The third kappa shape index (κ3) is 4.98. The molecule has 1 aromatic rings. The average Bonchev–Trinajstić information content (AvgIpc) is 3.41. The number of nitrogens with zero attached hydrogens (tertiary/aromatic N) is 2. The zero-order valence-corrected chi connectivity index (χ0v) is 19.2. The number of sulfonamides is 1. The molecule has 0 spiro atoms.